The zero-order chi connectivity index (χ0) is 25.6. The first-order valence-corrected chi connectivity index (χ1v) is 13.7. The Hall–Kier alpha value is -3.42. The average Bonchev–Trinajstić information content (AvgIpc) is 3.38. The van der Waals surface area contributed by atoms with E-state index in [1.165, 1.54) is 16.0 Å². The van der Waals surface area contributed by atoms with Gasteiger partial charge in [0.2, 0.25) is 17.6 Å². The molecule has 1 saturated heterocycles. The van der Waals surface area contributed by atoms with Gasteiger partial charge in [0.1, 0.15) is 0 Å². The Labute approximate surface area is 222 Å². The van der Waals surface area contributed by atoms with Gasteiger partial charge in [-0.2, -0.15) is 4.98 Å². The molecule has 4 aromatic rings. The van der Waals surface area contributed by atoms with Gasteiger partial charge in [0.25, 0.3) is 0 Å². The number of aromatic nitrogens is 2. The third-order valence-electron chi connectivity index (χ3n) is 6.71. The van der Waals surface area contributed by atoms with Crippen molar-refractivity contribution >= 4 is 23.4 Å². The lowest BCUT2D eigenvalue weighted by Gasteiger charge is -2.31. The number of nitrogens with one attached hydrogen (secondary N) is 1. The molecule has 0 aliphatic carbocycles. The Morgan fingerprint density at radius 1 is 1.08 bits per heavy atom. The van der Waals surface area contributed by atoms with E-state index in [0.717, 1.165) is 42.0 Å². The van der Waals surface area contributed by atoms with Crippen LogP contribution in [-0.2, 0) is 17.1 Å². The van der Waals surface area contributed by atoms with Crippen LogP contribution in [0.15, 0.2) is 82.2 Å². The number of carbonyl (C=O) groups is 1. The van der Waals surface area contributed by atoms with Crippen LogP contribution in [0.2, 0.25) is 0 Å². The van der Waals surface area contributed by atoms with Crippen LogP contribution in [0, 0.1) is 19.8 Å². The van der Waals surface area contributed by atoms with E-state index in [9.17, 15) is 4.79 Å². The fourth-order valence-corrected chi connectivity index (χ4v) is 5.48. The van der Waals surface area contributed by atoms with Crippen LogP contribution in [0.5, 0.6) is 0 Å². The molecule has 2 heterocycles. The van der Waals surface area contributed by atoms with E-state index in [2.05, 4.69) is 70.6 Å². The van der Waals surface area contributed by atoms with Crippen LogP contribution in [0.25, 0.3) is 11.4 Å². The molecule has 1 amide bonds. The molecule has 1 atom stereocenters. The SMILES string of the molecule is Cc1ccc(-c2noc(CN3CCCC(C(=O)Nc4ccc(CSc5ccccc5)cc4C)C3)n2)cc1. The van der Waals surface area contributed by atoms with Gasteiger partial charge in [-0.1, -0.05) is 65.3 Å². The summed E-state index contributed by atoms with van der Waals surface area (Å²) in [7, 11) is 0. The molecule has 0 spiro atoms. The van der Waals surface area contributed by atoms with Crippen molar-refractivity contribution in [2.75, 3.05) is 18.4 Å². The quantitative estimate of drug-likeness (QED) is 0.272. The van der Waals surface area contributed by atoms with Gasteiger partial charge in [0.15, 0.2) is 0 Å². The van der Waals surface area contributed by atoms with Gasteiger partial charge in [-0.3, -0.25) is 9.69 Å². The summed E-state index contributed by atoms with van der Waals surface area (Å²) < 4.78 is 5.51. The summed E-state index contributed by atoms with van der Waals surface area (Å²) in [5.74, 6) is 2.09. The van der Waals surface area contributed by atoms with E-state index in [4.69, 9.17) is 4.52 Å². The second kappa shape index (κ2) is 11.8. The molecule has 37 heavy (non-hydrogen) atoms. The number of rotatable bonds is 8. The second-order valence-electron chi connectivity index (χ2n) is 9.69. The summed E-state index contributed by atoms with van der Waals surface area (Å²) in [6.07, 6.45) is 1.84. The minimum absolute atomic E-state index is 0.0686. The van der Waals surface area contributed by atoms with E-state index in [-0.39, 0.29) is 11.8 Å². The van der Waals surface area contributed by atoms with Crippen molar-refractivity contribution in [2.24, 2.45) is 5.92 Å². The zero-order valence-corrected chi connectivity index (χ0v) is 22.1. The summed E-state index contributed by atoms with van der Waals surface area (Å²) in [6.45, 7) is 6.25. The smallest absolute Gasteiger partial charge is 0.241 e. The van der Waals surface area contributed by atoms with Gasteiger partial charge >= 0.3 is 0 Å². The molecule has 1 N–H and O–H groups in total. The van der Waals surface area contributed by atoms with E-state index in [0.29, 0.717) is 24.8 Å². The molecule has 1 aromatic heterocycles. The highest BCUT2D eigenvalue weighted by Crippen LogP contribution is 2.26. The van der Waals surface area contributed by atoms with Gasteiger partial charge in [-0.25, -0.2) is 0 Å². The Morgan fingerprint density at radius 3 is 2.68 bits per heavy atom. The van der Waals surface area contributed by atoms with Crippen molar-refractivity contribution < 1.29 is 9.32 Å². The molecule has 3 aromatic carbocycles. The van der Waals surface area contributed by atoms with Crippen LogP contribution in [-0.4, -0.2) is 34.0 Å². The Morgan fingerprint density at radius 2 is 1.89 bits per heavy atom. The second-order valence-corrected chi connectivity index (χ2v) is 10.7. The molecule has 0 bridgehead atoms. The molecule has 190 valence electrons. The highest BCUT2D eigenvalue weighted by atomic mass is 32.2. The van der Waals surface area contributed by atoms with Crippen LogP contribution in [0.3, 0.4) is 0 Å². The lowest BCUT2D eigenvalue weighted by molar-refractivity contribution is -0.121. The minimum atomic E-state index is -0.0686. The summed E-state index contributed by atoms with van der Waals surface area (Å²) >= 11 is 1.82. The van der Waals surface area contributed by atoms with Gasteiger partial charge in [-0.15, -0.1) is 11.8 Å². The average molecular weight is 513 g/mol. The molecular weight excluding hydrogens is 480 g/mol. The number of carbonyl (C=O) groups excluding carboxylic acids is 1. The molecule has 6 nitrogen and oxygen atoms in total. The third kappa shape index (κ3) is 6.67. The summed E-state index contributed by atoms with van der Waals surface area (Å²) in [5, 5.41) is 7.32. The van der Waals surface area contributed by atoms with E-state index < -0.39 is 0 Å². The molecule has 0 saturated carbocycles. The number of thioether (sulfide) groups is 1. The van der Waals surface area contributed by atoms with Crippen molar-refractivity contribution in [1.82, 2.24) is 15.0 Å². The predicted octanol–water partition coefficient (Wildman–Crippen LogP) is 6.50. The zero-order valence-electron chi connectivity index (χ0n) is 21.3. The number of amides is 1. The van der Waals surface area contributed by atoms with Gasteiger partial charge < -0.3 is 9.84 Å². The Balaban J connectivity index is 1.15. The van der Waals surface area contributed by atoms with Crippen LogP contribution < -0.4 is 5.32 Å². The van der Waals surface area contributed by atoms with Crippen molar-refractivity contribution in [1.29, 1.82) is 0 Å². The first-order chi connectivity index (χ1) is 18.0. The molecule has 1 unspecified atom stereocenters. The van der Waals surface area contributed by atoms with Crippen LogP contribution >= 0.6 is 11.8 Å². The normalized spacial score (nSPS) is 16.0. The van der Waals surface area contributed by atoms with Crippen molar-refractivity contribution in [3.63, 3.8) is 0 Å². The van der Waals surface area contributed by atoms with E-state index in [1.54, 1.807) is 0 Å². The highest BCUT2D eigenvalue weighted by molar-refractivity contribution is 7.98. The fraction of sp³-hybridized carbons (Fsp3) is 0.300. The minimum Gasteiger partial charge on any atom is -0.338 e. The summed E-state index contributed by atoms with van der Waals surface area (Å²) in [4.78, 5) is 21.2. The maximum Gasteiger partial charge on any atom is 0.241 e. The fourth-order valence-electron chi connectivity index (χ4n) is 4.62. The lowest BCUT2D eigenvalue weighted by Crippen LogP contribution is -2.40. The highest BCUT2D eigenvalue weighted by Gasteiger charge is 2.27. The van der Waals surface area contributed by atoms with Gasteiger partial charge in [0, 0.05) is 28.4 Å². The number of aryl methyl sites for hydroxylation is 2. The van der Waals surface area contributed by atoms with E-state index >= 15 is 0 Å². The largest absolute Gasteiger partial charge is 0.338 e. The van der Waals surface area contributed by atoms with E-state index in [1.807, 2.05) is 48.2 Å². The number of likely N-dealkylation sites (tertiary alicyclic amines) is 1. The topological polar surface area (TPSA) is 71.3 Å². The van der Waals surface area contributed by atoms with Crippen molar-refractivity contribution in [2.45, 2.75) is 43.9 Å². The Kier molecular flexibility index (Phi) is 8.02. The maximum atomic E-state index is 13.1. The molecule has 1 aliphatic heterocycles. The first-order valence-electron chi connectivity index (χ1n) is 12.7. The van der Waals surface area contributed by atoms with Gasteiger partial charge in [-0.05, 0) is 62.6 Å². The number of benzene rings is 3. The predicted molar refractivity (Wildman–Crippen MR) is 148 cm³/mol. The molecular formula is C30H32N4O2S. The summed E-state index contributed by atoms with van der Waals surface area (Å²) in [5.41, 5.74) is 5.35. The molecule has 1 fully saturated rings. The number of anilines is 1. The molecule has 7 heteroatoms. The number of nitrogens with zero attached hydrogens (tertiary/aromatic N) is 3. The van der Waals surface area contributed by atoms with Gasteiger partial charge in [0.05, 0.1) is 12.5 Å². The molecule has 5 rings (SSSR count). The number of hydrogen-bond donors (Lipinski definition) is 1. The van der Waals surface area contributed by atoms with Crippen molar-refractivity contribution in [3.8, 4) is 11.4 Å². The van der Waals surface area contributed by atoms with Crippen molar-refractivity contribution in [3.05, 3.63) is 95.4 Å². The lowest BCUT2D eigenvalue weighted by atomic mass is 9.96. The van der Waals surface area contributed by atoms with Crippen LogP contribution in [0.1, 0.15) is 35.4 Å². The maximum absolute atomic E-state index is 13.1. The molecule has 1 aliphatic rings. The van der Waals surface area contributed by atoms with Crippen LogP contribution in [0.4, 0.5) is 5.69 Å². The summed E-state index contributed by atoms with van der Waals surface area (Å²) in [6, 6.07) is 24.8. The monoisotopic (exact) mass is 512 g/mol. The third-order valence-corrected chi connectivity index (χ3v) is 7.79. The Bertz CT molecular complexity index is 1340. The molecule has 0 radical (unpaired) electrons. The standard InChI is InChI=1S/C30H32N4O2S/c1-21-10-13-24(14-11-21)29-32-28(36-33-29)19-34-16-6-7-25(18-34)30(35)31-27-15-12-23(17-22(27)2)20-37-26-8-4-3-5-9-26/h3-5,8-15,17,25H,6-7,16,18-20H2,1-2H3,(H,31,35). The number of hydrogen-bond acceptors (Lipinski definition) is 6. The number of piperidine rings is 1. The first kappa shape index (κ1) is 25.2.